The van der Waals surface area contributed by atoms with Crippen molar-refractivity contribution in [2.75, 3.05) is 0 Å². The van der Waals surface area contributed by atoms with Gasteiger partial charge in [-0.3, -0.25) is 0 Å². The molecule has 0 saturated carbocycles. The Bertz CT molecular complexity index is 8.00. The second-order valence-corrected chi connectivity index (χ2v) is 0. The van der Waals surface area contributed by atoms with E-state index < -0.39 is 0 Å². The van der Waals surface area contributed by atoms with Gasteiger partial charge in [-0.2, -0.15) is 9.90 Å². The van der Waals surface area contributed by atoms with Gasteiger partial charge in [-0.05, 0) is 0 Å². The predicted molar refractivity (Wildman–Crippen MR) is 19.6 cm³/mol. The first kappa shape index (κ1) is 34.1. The van der Waals surface area contributed by atoms with Crippen molar-refractivity contribution in [2.45, 2.75) is 0 Å². The third-order valence-electron chi connectivity index (χ3n) is 0. The molecule has 2 radical (unpaired) electrons. The molecule has 4 heavy (non-hydrogen) atoms. The van der Waals surface area contributed by atoms with Crippen molar-refractivity contribution in [3.63, 3.8) is 0 Å². The van der Waals surface area contributed by atoms with E-state index in [2.05, 4.69) is 0 Å². The summed E-state index contributed by atoms with van der Waals surface area (Å²) in [7, 11) is 0. The van der Waals surface area contributed by atoms with Gasteiger partial charge in [0.25, 0.3) is 0 Å². The molecule has 0 aromatic carbocycles. The van der Waals surface area contributed by atoms with Crippen LogP contribution in [0.2, 0.25) is 0 Å². The summed E-state index contributed by atoms with van der Waals surface area (Å²) in [5, 5.41) is 0. The standard InChI is InChI=1S/Fe.Ni.H3P.Sn.2H/h;;1H3;;;. The third-order valence-corrected chi connectivity index (χ3v) is 0. The van der Waals surface area contributed by atoms with E-state index >= 15 is 0 Å². The first-order chi connectivity index (χ1) is 0. The van der Waals surface area contributed by atoms with Crippen molar-refractivity contribution in [3.05, 3.63) is 0 Å². The second-order valence-electron chi connectivity index (χ2n) is 0. The molecular weight excluding hydrogens is 264 g/mol. The maximum absolute atomic E-state index is 0. The van der Waals surface area contributed by atoms with E-state index in [9.17, 15) is 0 Å². The fraction of sp³-hybridized carbons (Fsp3) is 0. The first-order valence-electron chi connectivity index (χ1n) is 0. The summed E-state index contributed by atoms with van der Waals surface area (Å²) in [6.07, 6.45) is 0. The molecule has 0 aromatic heterocycles. The average molecular weight is 269 g/mol. The summed E-state index contributed by atoms with van der Waals surface area (Å²) in [4.78, 5) is 0. The van der Waals surface area contributed by atoms with Gasteiger partial charge in [-0.15, -0.1) is 0 Å². The van der Waals surface area contributed by atoms with E-state index in [1.165, 1.54) is 0 Å². The molecule has 0 saturated heterocycles. The van der Waals surface area contributed by atoms with Gasteiger partial charge in [0.2, 0.25) is 0 Å². The SMILES string of the molecule is P.[Fe].[Ni].[SnH2]. The zero-order valence-corrected chi connectivity index (χ0v) is 9.63. The van der Waals surface area contributed by atoms with E-state index in [4.69, 9.17) is 0 Å². The Labute approximate surface area is 66.8 Å². The third kappa shape index (κ3) is 8.87. The maximum atomic E-state index is 0. The number of hydrogen-bond donors (Lipinski definition) is 0. The second kappa shape index (κ2) is 18.8. The summed E-state index contributed by atoms with van der Waals surface area (Å²) in [5.74, 6) is 0. The Morgan fingerprint density at radius 1 is 1.00 bits per heavy atom. The molecule has 0 heterocycles. The van der Waals surface area contributed by atoms with Gasteiger partial charge >= 0.3 is 23.9 Å². The van der Waals surface area contributed by atoms with Crippen LogP contribution in [-0.4, -0.2) is 23.9 Å². The van der Waals surface area contributed by atoms with Crippen LogP contribution in [0.3, 0.4) is 0 Å². The van der Waals surface area contributed by atoms with Crippen LogP contribution in [0.1, 0.15) is 0 Å². The van der Waals surface area contributed by atoms with Gasteiger partial charge in [0.1, 0.15) is 0 Å². The Morgan fingerprint density at radius 2 is 1.00 bits per heavy atom. The predicted octanol–water partition coefficient (Wildman–Crippen LogP) is -0.863. The summed E-state index contributed by atoms with van der Waals surface area (Å²) >= 11 is 0. The minimum absolute atomic E-state index is 0. The Kier molecular flexibility index (Phi) is 160. The number of rotatable bonds is 0. The molecule has 0 fully saturated rings. The van der Waals surface area contributed by atoms with Crippen molar-refractivity contribution in [2.24, 2.45) is 0 Å². The molecule has 0 N–H and O–H groups in total. The van der Waals surface area contributed by atoms with Crippen molar-refractivity contribution in [1.29, 1.82) is 0 Å². The van der Waals surface area contributed by atoms with E-state index in [0.717, 1.165) is 0 Å². The van der Waals surface area contributed by atoms with Crippen LogP contribution < -0.4 is 0 Å². The molecule has 0 aliphatic heterocycles. The van der Waals surface area contributed by atoms with Crippen LogP contribution in [0, 0.1) is 0 Å². The molecular formula is H5FeNiPSn. The van der Waals surface area contributed by atoms with Crippen LogP contribution >= 0.6 is 9.90 Å². The zero-order chi connectivity index (χ0) is 0. The molecule has 0 bridgehead atoms. The molecule has 4 heteroatoms. The molecule has 0 spiro atoms. The first-order valence-corrected chi connectivity index (χ1v) is 0. The van der Waals surface area contributed by atoms with Crippen molar-refractivity contribution in [1.82, 2.24) is 0 Å². The molecule has 0 aliphatic carbocycles. The summed E-state index contributed by atoms with van der Waals surface area (Å²) < 4.78 is 0. The monoisotopic (exact) mass is 270 g/mol. The molecule has 0 amide bonds. The van der Waals surface area contributed by atoms with Crippen LogP contribution in [-0.2, 0) is 33.6 Å². The Hall–Kier alpha value is 2.24. The molecule has 32 valence electrons. The van der Waals surface area contributed by atoms with Crippen molar-refractivity contribution < 1.29 is 33.6 Å². The zero-order valence-electron chi connectivity index (χ0n) is 2.08. The van der Waals surface area contributed by atoms with Crippen LogP contribution in [0.25, 0.3) is 0 Å². The van der Waals surface area contributed by atoms with Gasteiger partial charge in [0.15, 0.2) is 0 Å². The molecule has 0 nitrogen and oxygen atoms in total. The normalized spacial score (nSPS) is 0. The molecule has 0 rings (SSSR count). The summed E-state index contributed by atoms with van der Waals surface area (Å²) in [5.41, 5.74) is 0. The van der Waals surface area contributed by atoms with E-state index in [1.807, 2.05) is 0 Å². The van der Waals surface area contributed by atoms with E-state index in [1.54, 1.807) is 0 Å². The number of hydrogen-bond acceptors (Lipinski definition) is 0. The van der Waals surface area contributed by atoms with Crippen molar-refractivity contribution >= 4 is 33.8 Å². The van der Waals surface area contributed by atoms with Crippen LogP contribution in [0.5, 0.6) is 0 Å². The van der Waals surface area contributed by atoms with Crippen LogP contribution in [0.15, 0.2) is 0 Å². The van der Waals surface area contributed by atoms with Gasteiger partial charge in [0, 0.05) is 33.6 Å². The minimum atomic E-state index is 0. The average Bonchev–Trinajstić information content (AvgIpc) is 0. The summed E-state index contributed by atoms with van der Waals surface area (Å²) in [6, 6.07) is 0. The fourth-order valence-electron chi connectivity index (χ4n) is 0. The molecule has 0 aliphatic rings. The fourth-order valence-corrected chi connectivity index (χ4v) is 0. The van der Waals surface area contributed by atoms with E-state index in [-0.39, 0.29) is 67.4 Å². The topological polar surface area (TPSA) is 0 Å². The molecule has 0 aromatic rings. The van der Waals surface area contributed by atoms with E-state index in [0.29, 0.717) is 0 Å². The van der Waals surface area contributed by atoms with Gasteiger partial charge < -0.3 is 0 Å². The van der Waals surface area contributed by atoms with Gasteiger partial charge in [-0.1, -0.05) is 0 Å². The van der Waals surface area contributed by atoms with Crippen molar-refractivity contribution in [3.8, 4) is 0 Å². The molecule has 1 unspecified atom stereocenters. The summed E-state index contributed by atoms with van der Waals surface area (Å²) in [6.45, 7) is 0. The van der Waals surface area contributed by atoms with Gasteiger partial charge in [-0.25, -0.2) is 0 Å². The molecule has 1 atom stereocenters. The Morgan fingerprint density at radius 3 is 1.00 bits per heavy atom. The Balaban J connectivity index is 0. The quantitative estimate of drug-likeness (QED) is 0.396. The van der Waals surface area contributed by atoms with Gasteiger partial charge in [0.05, 0.1) is 0 Å². The van der Waals surface area contributed by atoms with Crippen LogP contribution in [0.4, 0.5) is 0 Å².